The zero-order valence-corrected chi connectivity index (χ0v) is 8.47. The third kappa shape index (κ3) is 1.58. The normalized spacial score (nSPS) is 10.7. The van der Waals surface area contributed by atoms with Gasteiger partial charge in [-0.15, -0.1) is 0 Å². The monoisotopic (exact) mass is 204 g/mol. The van der Waals surface area contributed by atoms with Crippen LogP contribution in [0, 0.1) is 0 Å². The van der Waals surface area contributed by atoms with Crippen LogP contribution >= 0.6 is 0 Å². The Kier molecular flexibility index (Phi) is 2.41. The molecule has 0 saturated heterocycles. The predicted octanol–water partition coefficient (Wildman–Crippen LogP) is 1.99. The van der Waals surface area contributed by atoms with Crippen molar-refractivity contribution in [3.8, 4) is 0 Å². The number of aromatic nitrogens is 2. The highest BCUT2D eigenvalue weighted by atomic mass is 16.4. The van der Waals surface area contributed by atoms with Gasteiger partial charge < -0.3 is 5.11 Å². The molecule has 0 aromatic carbocycles. The zero-order chi connectivity index (χ0) is 10.8. The summed E-state index contributed by atoms with van der Waals surface area (Å²) in [6, 6.07) is 3.84. The molecule has 1 N–H and O–H groups in total. The van der Waals surface area contributed by atoms with Crippen LogP contribution in [0.25, 0.3) is 5.65 Å². The number of imidazole rings is 1. The Morgan fingerprint density at radius 2 is 2.40 bits per heavy atom. The molecule has 15 heavy (non-hydrogen) atoms. The largest absolute Gasteiger partial charge is 0.477 e. The van der Waals surface area contributed by atoms with Gasteiger partial charge >= 0.3 is 5.97 Å². The SMILES string of the molecule is CCCc1cccn2c(C(=O)O)cnc12. The van der Waals surface area contributed by atoms with Crippen LogP contribution in [-0.4, -0.2) is 20.5 Å². The molecule has 2 aromatic heterocycles. The van der Waals surface area contributed by atoms with Crippen LogP contribution in [0.3, 0.4) is 0 Å². The second-order valence-electron chi connectivity index (χ2n) is 3.43. The molecule has 2 heterocycles. The Hall–Kier alpha value is -1.84. The fourth-order valence-corrected chi connectivity index (χ4v) is 1.69. The Morgan fingerprint density at radius 3 is 3.07 bits per heavy atom. The van der Waals surface area contributed by atoms with Gasteiger partial charge in [-0.3, -0.25) is 4.40 Å². The minimum Gasteiger partial charge on any atom is -0.477 e. The van der Waals surface area contributed by atoms with Crippen LogP contribution in [0.5, 0.6) is 0 Å². The fraction of sp³-hybridized carbons (Fsp3) is 0.273. The number of carbonyl (C=O) groups is 1. The Morgan fingerprint density at radius 1 is 1.60 bits per heavy atom. The van der Waals surface area contributed by atoms with Crippen LogP contribution < -0.4 is 0 Å². The van der Waals surface area contributed by atoms with E-state index in [2.05, 4.69) is 11.9 Å². The predicted molar refractivity (Wildman–Crippen MR) is 56.1 cm³/mol. The molecule has 2 aromatic rings. The van der Waals surface area contributed by atoms with E-state index in [1.54, 1.807) is 10.6 Å². The fourth-order valence-electron chi connectivity index (χ4n) is 1.69. The molecule has 0 unspecified atom stereocenters. The summed E-state index contributed by atoms with van der Waals surface area (Å²) in [5, 5.41) is 8.93. The molecule has 0 aliphatic heterocycles. The number of hydrogen-bond acceptors (Lipinski definition) is 2. The van der Waals surface area contributed by atoms with E-state index >= 15 is 0 Å². The first-order valence-electron chi connectivity index (χ1n) is 4.92. The van der Waals surface area contributed by atoms with E-state index in [1.807, 2.05) is 12.1 Å². The quantitative estimate of drug-likeness (QED) is 0.831. The van der Waals surface area contributed by atoms with Gasteiger partial charge in [-0.05, 0) is 18.1 Å². The van der Waals surface area contributed by atoms with Gasteiger partial charge in [-0.1, -0.05) is 19.4 Å². The molecule has 0 bridgehead atoms. The van der Waals surface area contributed by atoms with Crippen molar-refractivity contribution in [2.45, 2.75) is 19.8 Å². The summed E-state index contributed by atoms with van der Waals surface area (Å²) in [5.41, 5.74) is 2.05. The molecule has 0 aliphatic rings. The zero-order valence-electron chi connectivity index (χ0n) is 8.47. The van der Waals surface area contributed by atoms with Crippen molar-refractivity contribution in [3.63, 3.8) is 0 Å². The van der Waals surface area contributed by atoms with Crippen LogP contribution in [0.4, 0.5) is 0 Å². The van der Waals surface area contributed by atoms with Crippen molar-refractivity contribution in [2.24, 2.45) is 0 Å². The first-order valence-corrected chi connectivity index (χ1v) is 4.92. The average molecular weight is 204 g/mol. The number of carboxylic acids is 1. The van der Waals surface area contributed by atoms with Gasteiger partial charge in [0.15, 0.2) is 5.69 Å². The smallest absolute Gasteiger partial charge is 0.354 e. The molecule has 0 aliphatic carbocycles. The van der Waals surface area contributed by atoms with E-state index < -0.39 is 5.97 Å². The lowest BCUT2D eigenvalue weighted by atomic mass is 10.1. The lowest BCUT2D eigenvalue weighted by Gasteiger charge is -2.02. The molecular weight excluding hydrogens is 192 g/mol. The summed E-state index contributed by atoms with van der Waals surface area (Å²) < 4.78 is 1.62. The van der Waals surface area contributed by atoms with E-state index in [9.17, 15) is 4.79 Å². The topological polar surface area (TPSA) is 54.6 Å². The third-order valence-electron chi connectivity index (χ3n) is 2.36. The second kappa shape index (κ2) is 3.73. The molecule has 0 fully saturated rings. The number of rotatable bonds is 3. The molecule has 4 nitrogen and oxygen atoms in total. The van der Waals surface area contributed by atoms with Gasteiger partial charge in [0.25, 0.3) is 0 Å². The second-order valence-corrected chi connectivity index (χ2v) is 3.43. The van der Waals surface area contributed by atoms with Crippen LogP contribution in [0.1, 0.15) is 29.4 Å². The summed E-state index contributed by atoms with van der Waals surface area (Å²) >= 11 is 0. The van der Waals surface area contributed by atoms with Crippen molar-refractivity contribution in [1.82, 2.24) is 9.38 Å². The Bertz CT molecular complexity index is 502. The highest BCUT2D eigenvalue weighted by molar-refractivity contribution is 5.86. The summed E-state index contributed by atoms with van der Waals surface area (Å²) in [7, 11) is 0. The Balaban J connectivity index is 2.63. The molecular formula is C11H12N2O2. The third-order valence-corrected chi connectivity index (χ3v) is 2.36. The lowest BCUT2D eigenvalue weighted by Crippen LogP contribution is -2.02. The standard InChI is InChI=1S/C11H12N2O2/c1-2-4-8-5-3-6-13-9(11(14)15)7-12-10(8)13/h3,5-7H,2,4H2,1H3,(H,14,15). The highest BCUT2D eigenvalue weighted by Crippen LogP contribution is 2.13. The molecule has 2 rings (SSSR count). The molecule has 0 spiro atoms. The van der Waals surface area contributed by atoms with Gasteiger partial charge in [0, 0.05) is 6.20 Å². The summed E-state index contributed by atoms with van der Waals surface area (Å²) in [5.74, 6) is -0.948. The van der Waals surface area contributed by atoms with Gasteiger partial charge in [0.05, 0.1) is 6.20 Å². The first kappa shape index (κ1) is 9.71. The summed E-state index contributed by atoms with van der Waals surface area (Å²) in [6.45, 7) is 2.09. The van der Waals surface area contributed by atoms with E-state index in [-0.39, 0.29) is 5.69 Å². The minimum atomic E-state index is -0.948. The maximum absolute atomic E-state index is 10.9. The number of hydrogen-bond donors (Lipinski definition) is 1. The minimum absolute atomic E-state index is 0.211. The number of fused-ring (bicyclic) bond motifs is 1. The maximum Gasteiger partial charge on any atom is 0.354 e. The van der Waals surface area contributed by atoms with E-state index in [0.717, 1.165) is 24.1 Å². The first-order chi connectivity index (χ1) is 7.24. The molecule has 0 atom stereocenters. The molecule has 4 heteroatoms. The number of carboxylic acid groups (broad SMARTS) is 1. The van der Waals surface area contributed by atoms with Gasteiger partial charge in [-0.25, -0.2) is 9.78 Å². The van der Waals surface area contributed by atoms with Crippen LogP contribution in [0.2, 0.25) is 0 Å². The van der Waals surface area contributed by atoms with Crippen LogP contribution in [0.15, 0.2) is 24.5 Å². The van der Waals surface area contributed by atoms with Crippen molar-refractivity contribution in [1.29, 1.82) is 0 Å². The number of nitrogens with zero attached hydrogens (tertiary/aromatic N) is 2. The maximum atomic E-state index is 10.9. The van der Waals surface area contributed by atoms with Gasteiger partial charge in [0.2, 0.25) is 0 Å². The summed E-state index contributed by atoms with van der Waals surface area (Å²) in [4.78, 5) is 15.0. The average Bonchev–Trinajstić information content (AvgIpc) is 2.62. The van der Waals surface area contributed by atoms with Gasteiger partial charge in [-0.2, -0.15) is 0 Å². The van der Waals surface area contributed by atoms with Crippen LogP contribution in [-0.2, 0) is 6.42 Å². The number of aromatic carboxylic acids is 1. The van der Waals surface area contributed by atoms with Crippen molar-refractivity contribution < 1.29 is 9.90 Å². The lowest BCUT2D eigenvalue weighted by molar-refractivity contribution is 0.0689. The number of pyridine rings is 1. The van der Waals surface area contributed by atoms with E-state index in [0.29, 0.717) is 0 Å². The van der Waals surface area contributed by atoms with E-state index in [1.165, 1.54) is 6.20 Å². The molecule has 78 valence electrons. The summed E-state index contributed by atoms with van der Waals surface area (Å²) in [6.07, 6.45) is 5.07. The molecule has 0 saturated carbocycles. The van der Waals surface area contributed by atoms with Crippen molar-refractivity contribution >= 4 is 11.6 Å². The highest BCUT2D eigenvalue weighted by Gasteiger charge is 2.11. The molecule has 0 amide bonds. The van der Waals surface area contributed by atoms with Crippen molar-refractivity contribution in [2.75, 3.05) is 0 Å². The molecule has 0 radical (unpaired) electrons. The Labute approximate surface area is 87.2 Å². The van der Waals surface area contributed by atoms with Gasteiger partial charge in [0.1, 0.15) is 5.65 Å². The number of aryl methyl sites for hydroxylation is 1. The van der Waals surface area contributed by atoms with E-state index in [4.69, 9.17) is 5.11 Å². The van der Waals surface area contributed by atoms with Crippen molar-refractivity contribution in [3.05, 3.63) is 35.8 Å².